The van der Waals surface area contributed by atoms with Crippen LogP contribution < -0.4 is 5.32 Å². The Bertz CT molecular complexity index is 662. The van der Waals surface area contributed by atoms with E-state index in [4.69, 9.17) is 0 Å². The summed E-state index contributed by atoms with van der Waals surface area (Å²) in [6, 6.07) is 12.0. The molecule has 0 unspecified atom stereocenters. The van der Waals surface area contributed by atoms with Crippen molar-refractivity contribution in [1.29, 1.82) is 0 Å². The molecule has 2 heterocycles. The molecule has 0 saturated heterocycles. The van der Waals surface area contributed by atoms with Gasteiger partial charge in [-0.25, -0.2) is 0 Å². The maximum Gasteiger partial charge on any atom is 0.258 e. The highest BCUT2D eigenvalue weighted by atomic mass is 16.2. The van der Waals surface area contributed by atoms with Crippen LogP contribution in [0.1, 0.15) is 42.5 Å². The number of rotatable bonds is 3. The second-order valence-corrected chi connectivity index (χ2v) is 5.61. The summed E-state index contributed by atoms with van der Waals surface area (Å²) < 4.78 is 2.06. The number of hydrogen-bond acceptors (Lipinski definition) is 2. The van der Waals surface area contributed by atoms with E-state index in [1.807, 2.05) is 48.5 Å². The molecule has 0 saturated carbocycles. The van der Waals surface area contributed by atoms with Crippen LogP contribution in [0.15, 0.2) is 42.6 Å². The van der Waals surface area contributed by atoms with Crippen molar-refractivity contribution in [3.63, 3.8) is 0 Å². The standard InChI is InChI=1S/C17H21N3O/c1-4-12(2)20-16(15-10-7-11-19(15)3)18-14-9-6-5-8-13(14)17(20)21/h5-12,16,18H,4H2,1-3H3/t12-,16+/m0/s1. The molecular weight excluding hydrogens is 262 g/mol. The van der Waals surface area contributed by atoms with E-state index in [9.17, 15) is 4.79 Å². The van der Waals surface area contributed by atoms with Crippen LogP contribution in [0.5, 0.6) is 0 Å². The summed E-state index contributed by atoms with van der Waals surface area (Å²) in [5.74, 6) is 0.102. The first-order valence-corrected chi connectivity index (χ1v) is 7.43. The number of fused-ring (bicyclic) bond motifs is 1. The van der Waals surface area contributed by atoms with Gasteiger partial charge < -0.3 is 14.8 Å². The Hall–Kier alpha value is -2.23. The third-order valence-corrected chi connectivity index (χ3v) is 4.29. The predicted octanol–water partition coefficient (Wildman–Crippen LogP) is 3.39. The van der Waals surface area contributed by atoms with Crippen molar-refractivity contribution < 1.29 is 4.79 Å². The van der Waals surface area contributed by atoms with Gasteiger partial charge in [-0.15, -0.1) is 0 Å². The van der Waals surface area contributed by atoms with Crippen LogP contribution in [-0.4, -0.2) is 21.4 Å². The second-order valence-electron chi connectivity index (χ2n) is 5.61. The largest absolute Gasteiger partial charge is 0.360 e. The van der Waals surface area contributed by atoms with Crippen molar-refractivity contribution in [3.05, 3.63) is 53.9 Å². The minimum absolute atomic E-state index is 0.102. The Morgan fingerprint density at radius 1 is 1.24 bits per heavy atom. The quantitative estimate of drug-likeness (QED) is 0.937. The third kappa shape index (κ3) is 2.20. The van der Waals surface area contributed by atoms with E-state index in [2.05, 4.69) is 29.8 Å². The van der Waals surface area contributed by atoms with E-state index in [1.54, 1.807) is 0 Å². The van der Waals surface area contributed by atoms with Gasteiger partial charge in [0.15, 0.2) is 0 Å². The van der Waals surface area contributed by atoms with Gasteiger partial charge in [-0.1, -0.05) is 19.1 Å². The van der Waals surface area contributed by atoms with Crippen LogP contribution >= 0.6 is 0 Å². The van der Waals surface area contributed by atoms with Crippen LogP contribution in [0.25, 0.3) is 0 Å². The Kier molecular flexibility index (Phi) is 3.45. The van der Waals surface area contributed by atoms with Crippen molar-refractivity contribution in [2.45, 2.75) is 32.5 Å². The van der Waals surface area contributed by atoms with Crippen LogP contribution in [0.2, 0.25) is 0 Å². The fourth-order valence-corrected chi connectivity index (χ4v) is 2.89. The lowest BCUT2D eigenvalue weighted by molar-refractivity contribution is 0.0586. The van der Waals surface area contributed by atoms with Crippen molar-refractivity contribution >= 4 is 11.6 Å². The molecule has 1 aliphatic rings. The molecule has 4 heteroatoms. The van der Waals surface area contributed by atoms with E-state index in [1.165, 1.54) is 0 Å². The summed E-state index contributed by atoms with van der Waals surface area (Å²) in [5.41, 5.74) is 2.76. The fraction of sp³-hybridized carbons (Fsp3) is 0.353. The molecule has 0 spiro atoms. The average Bonchev–Trinajstić information content (AvgIpc) is 2.92. The lowest BCUT2D eigenvalue weighted by atomic mass is 10.0. The molecular formula is C17H21N3O. The topological polar surface area (TPSA) is 37.3 Å². The average molecular weight is 283 g/mol. The maximum atomic E-state index is 12.9. The van der Waals surface area contributed by atoms with Gasteiger partial charge in [0.05, 0.1) is 11.3 Å². The van der Waals surface area contributed by atoms with Gasteiger partial charge in [0.25, 0.3) is 5.91 Å². The first-order valence-electron chi connectivity index (χ1n) is 7.43. The number of hydrogen-bond donors (Lipinski definition) is 1. The molecule has 0 bridgehead atoms. The minimum atomic E-state index is -0.123. The van der Waals surface area contributed by atoms with Crippen LogP contribution in [0.3, 0.4) is 0 Å². The number of amides is 1. The van der Waals surface area contributed by atoms with Crippen LogP contribution in [0, 0.1) is 0 Å². The zero-order valence-corrected chi connectivity index (χ0v) is 12.7. The van der Waals surface area contributed by atoms with Crippen LogP contribution in [0.4, 0.5) is 5.69 Å². The van der Waals surface area contributed by atoms with Crippen molar-refractivity contribution in [2.24, 2.45) is 7.05 Å². The zero-order valence-electron chi connectivity index (χ0n) is 12.7. The summed E-state index contributed by atoms with van der Waals surface area (Å²) in [4.78, 5) is 14.9. The molecule has 0 aliphatic carbocycles. The van der Waals surface area contributed by atoms with Gasteiger partial charge in [-0.3, -0.25) is 4.79 Å². The molecule has 1 N–H and O–H groups in total. The summed E-state index contributed by atoms with van der Waals surface area (Å²) in [5, 5.41) is 3.52. The molecule has 3 rings (SSSR count). The Labute approximate surface area is 125 Å². The number of para-hydroxylation sites is 1. The maximum absolute atomic E-state index is 12.9. The smallest absolute Gasteiger partial charge is 0.258 e. The minimum Gasteiger partial charge on any atom is -0.360 e. The van der Waals surface area contributed by atoms with Gasteiger partial charge in [-0.2, -0.15) is 0 Å². The predicted molar refractivity (Wildman–Crippen MR) is 84.1 cm³/mol. The lowest BCUT2D eigenvalue weighted by Gasteiger charge is -2.41. The first kappa shape index (κ1) is 13.7. The molecule has 2 atom stereocenters. The Morgan fingerprint density at radius 2 is 2.00 bits per heavy atom. The SMILES string of the molecule is CC[C@H](C)N1C(=O)c2ccccc2N[C@H]1c1cccn1C. The molecule has 1 aromatic carbocycles. The molecule has 2 aromatic rings. The van der Waals surface area contributed by atoms with Gasteiger partial charge in [0.1, 0.15) is 6.17 Å². The van der Waals surface area contributed by atoms with Gasteiger partial charge >= 0.3 is 0 Å². The van der Waals surface area contributed by atoms with E-state index in [-0.39, 0.29) is 18.1 Å². The number of aromatic nitrogens is 1. The summed E-state index contributed by atoms with van der Waals surface area (Å²) in [6.07, 6.45) is 2.81. The number of nitrogens with one attached hydrogen (secondary N) is 1. The summed E-state index contributed by atoms with van der Waals surface area (Å²) >= 11 is 0. The molecule has 0 radical (unpaired) electrons. The van der Waals surface area contributed by atoms with Crippen LogP contribution in [-0.2, 0) is 7.05 Å². The highest BCUT2D eigenvalue weighted by molar-refractivity contribution is 6.01. The molecule has 21 heavy (non-hydrogen) atoms. The summed E-state index contributed by atoms with van der Waals surface area (Å²) in [7, 11) is 2.01. The lowest BCUT2D eigenvalue weighted by Crippen LogP contribution is -2.48. The van der Waals surface area contributed by atoms with E-state index < -0.39 is 0 Å². The Morgan fingerprint density at radius 3 is 2.67 bits per heavy atom. The van der Waals surface area contributed by atoms with Crippen molar-refractivity contribution in [2.75, 3.05) is 5.32 Å². The molecule has 1 aliphatic heterocycles. The first-order chi connectivity index (χ1) is 10.1. The molecule has 110 valence electrons. The Balaban J connectivity index is 2.10. The summed E-state index contributed by atoms with van der Waals surface area (Å²) in [6.45, 7) is 4.21. The highest BCUT2D eigenvalue weighted by Crippen LogP contribution is 2.34. The molecule has 1 amide bonds. The third-order valence-electron chi connectivity index (χ3n) is 4.29. The number of carbonyl (C=O) groups is 1. The highest BCUT2D eigenvalue weighted by Gasteiger charge is 2.36. The van der Waals surface area contributed by atoms with Crippen molar-refractivity contribution in [3.8, 4) is 0 Å². The van der Waals surface area contributed by atoms with Gasteiger partial charge in [-0.05, 0) is 37.6 Å². The monoisotopic (exact) mass is 283 g/mol. The van der Waals surface area contributed by atoms with E-state index >= 15 is 0 Å². The van der Waals surface area contributed by atoms with Gasteiger partial charge in [0.2, 0.25) is 0 Å². The van der Waals surface area contributed by atoms with E-state index in [0.717, 1.165) is 23.4 Å². The molecule has 4 nitrogen and oxygen atoms in total. The number of nitrogens with zero attached hydrogens (tertiary/aromatic N) is 2. The number of anilines is 1. The second kappa shape index (κ2) is 5.28. The normalized spacial score (nSPS) is 19.1. The number of carbonyl (C=O) groups excluding carboxylic acids is 1. The van der Waals surface area contributed by atoms with Gasteiger partial charge in [0, 0.05) is 25.0 Å². The molecule has 1 aromatic heterocycles. The fourth-order valence-electron chi connectivity index (χ4n) is 2.89. The molecule has 0 fully saturated rings. The number of aryl methyl sites for hydroxylation is 1. The zero-order chi connectivity index (χ0) is 15.0. The van der Waals surface area contributed by atoms with Crippen molar-refractivity contribution in [1.82, 2.24) is 9.47 Å². The van der Waals surface area contributed by atoms with E-state index in [0.29, 0.717) is 0 Å². The number of benzene rings is 1.